The maximum atomic E-state index is 12.6. The number of hydrogen-bond donors (Lipinski definition) is 1. The van der Waals surface area contributed by atoms with Gasteiger partial charge in [0.25, 0.3) is 5.91 Å². The Kier molecular flexibility index (Phi) is 5.05. The van der Waals surface area contributed by atoms with Crippen molar-refractivity contribution < 1.29 is 9.53 Å². The smallest absolute Gasteiger partial charge is 0.254 e. The molecule has 0 radical (unpaired) electrons. The van der Waals surface area contributed by atoms with Crippen molar-refractivity contribution in [3.63, 3.8) is 0 Å². The summed E-state index contributed by atoms with van der Waals surface area (Å²) in [6.07, 6.45) is 0.0883. The summed E-state index contributed by atoms with van der Waals surface area (Å²) in [7, 11) is 0. The van der Waals surface area contributed by atoms with Crippen LogP contribution >= 0.6 is 15.9 Å². The van der Waals surface area contributed by atoms with Crippen LogP contribution in [0.4, 0.5) is 0 Å². The molecule has 1 aromatic carbocycles. The van der Waals surface area contributed by atoms with Gasteiger partial charge in [-0.05, 0) is 39.0 Å². The first kappa shape index (κ1) is 15.3. The largest absolute Gasteiger partial charge is 0.491 e. The standard InChI is InChI=1S/C15H21BrN2O2/c1-10(2)20-14-7-12(6-13(16)8-14)15(19)18-5-4-17-9-11(18)3/h6-8,10-11,17H,4-5,9H2,1-3H3. The Balaban J connectivity index is 2.22. The highest BCUT2D eigenvalue weighted by atomic mass is 79.9. The minimum atomic E-state index is 0.0638. The van der Waals surface area contributed by atoms with Crippen molar-refractivity contribution >= 4 is 21.8 Å². The summed E-state index contributed by atoms with van der Waals surface area (Å²) in [5.41, 5.74) is 0.670. The number of hydrogen-bond acceptors (Lipinski definition) is 3. The zero-order valence-corrected chi connectivity index (χ0v) is 13.7. The van der Waals surface area contributed by atoms with E-state index in [4.69, 9.17) is 4.74 Å². The number of piperazine rings is 1. The minimum absolute atomic E-state index is 0.0638. The van der Waals surface area contributed by atoms with Crippen LogP contribution < -0.4 is 10.1 Å². The number of carbonyl (C=O) groups is 1. The van der Waals surface area contributed by atoms with E-state index < -0.39 is 0 Å². The van der Waals surface area contributed by atoms with E-state index in [-0.39, 0.29) is 18.1 Å². The van der Waals surface area contributed by atoms with Crippen LogP contribution in [0.2, 0.25) is 0 Å². The molecule has 2 rings (SSSR count). The molecule has 0 aliphatic carbocycles. The molecule has 20 heavy (non-hydrogen) atoms. The summed E-state index contributed by atoms with van der Waals surface area (Å²) in [5, 5.41) is 3.29. The summed E-state index contributed by atoms with van der Waals surface area (Å²) in [4.78, 5) is 14.5. The summed E-state index contributed by atoms with van der Waals surface area (Å²) < 4.78 is 6.55. The van der Waals surface area contributed by atoms with Crippen LogP contribution in [-0.4, -0.2) is 42.6 Å². The quantitative estimate of drug-likeness (QED) is 0.919. The molecule has 1 amide bonds. The Morgan fingerprint density at radius 3 is 2.85 bits per heavy atom. The fourth-order valence-corrected chi connectivity index (χ4v) is 2.81. The van der Waals surface area contributed by atoms with Gasteiger partial charge in [-0.1, -0.05) is 15.9 Å². The van der Waals surface area contributed by atoms with Gasteiger partial charge < -0.3 is 15.0 Å². The molecule has 1 heterocycles. The van der Waals surface area contributed by atoms with Crippen molar-refractivity contribution in [1.29, 1.82) is 0 Å². The molecule has 1 aromatic rings. The average molecular weight is 341 g/mol. The van der Waals surface area contributed by atoms with Crippen molar-refractivity contribution in [2.45, 2.75) is 32.9 Å². The zero-order chi connectivity index (χ0) is 14.7. The predicted octanol–water partition coefficient (Wildman–Crippen LogP) is 2.67. The Bertz CT molecular complexity index is 491. The first-order valence-electron chi connectivity index (χ1n) is 6.96. The molecular formula is C15H21BrN2O2. The highest BCUT2D eigenvalue weighted by molar-refractivity contribution is 9.10. The zero-order valence-electron chi connectivity index (χ0n) is 12.1. The van der Waals surface area contributed by atoms with Gasteiger partial charge >= 0.3 is 0 Å². The molecule has 1 saturated heterocycles. The summed E-state index contributed by atoms with van der Waals surface area (Å²) in [5.74, 6) is 0.786. The molecule has 0 aromatic heterocycles. The first-order valence-corrected chi connectivity index (χ1v) is 7.75. The molecule has 1 N–H and O–H groups in total. The number of ether oxygens (including phenoxy) is 1. The van der Waals surface area contributed by atoms with E-state index in [1.807, 2.05) is 36.9 Å². The molecule has 1 unspecified atom stereocenters. The van der Waals surface area contributed by atoms with E-state index >= 15 is 0 Å². The molecule has 1 atom stereocenters. The second kappa shape index (κ2) is 6.59. The summed E-state index contributed by atoms with van der Waals surface area (Å²) in [6.45, 7) is 8.44. The molecule has 110 valence electrons. The molecule has 0 saturated carbocycles. The van der Waals surface area contributed by atoms with Gasteiger partial charge in [-0.2, -0.15) is 0 Å². The Morgan fingerprint density at radius 1 is 1.45 bits per heavy atom. The average Bonchev–Trinajstić information content (AvgIpc) is 2.37. The van der Waals surface area contributed by atoms with Crippen LogP contribution in [0, 0.1) is 0 Å². The molecule has 1 aliphatic rings. The number of amides is 1. The summed E-state index contributed by atoms with van der Waals surface area (Å²) >= 11 is 3.45. The molecule has 5 heteroatoms. The van der Waals surface area contributed by atoms with Gasteiger partial charge in [-0.25, -0.2) is 0 Å². The lowest BCUT2D eigenvalue weighted by Gasteiger charge is -2.34. The van der Waals surface area contributed by atoms with Crippen molar-refractivity contribution in [2.24, 2.45) is 0 Å². The number of nitrogens with one attached hydrogen (secondary N) is 1. The number of benzene rings is 1. The van der Waals surface area contributed by atoms with Gasteiger partial charge in [0.15, 0.2) is 0 Å². The lowest BCUT2D eigenvalue weighted by atomic mass is 10.1. The predicted molar refractivity (Wildman–Crippen MR) is 83.3 cm³/mol. The molecule has 4 nitrogen and oxygen atoms in total. The molecule has 1 aliphatic heterocycles. The topological polar surface area (TPSA) is 41.6 Å². The highest BCUT2D eigenvalue weighted by Crippen LogP contribution is 2.24. The van der Waals surface area contributed by atoms with Gasteiger partial charge in [0.1, 0.15) is 5.75 Å². The van der Waals surface area contributed by atoms with Gasteiger partial charge in [-0.3, -0.25) is 4.79 Å². The Hall–Kier alpha value is -1.07. The van der Waals surface area contributed by atoms with Gasteiger partial charge in [0, 0.05) is 35.7 Å². The van der Waals surface area contributed by atoms with Crippen LogP contribution in [0.3, 0.4) is 0 Å². The van der Waals surface area contributed by atoms with Crippen molar-refractivity contribution in [2.75, 3.05) is 19.6 Å². The maximum absolute atomic E-state index is 12.6. The normalized spacial score (nSPS) is 19.2. The van der Waals surface area contributed by atoms with Crippen LogP contribution in [0.25, 0.3) is 0 Å². The van der Waals surface area contributed by atoms with Crippen LogP contribution in [-0.2, 0) is 0 Å². The van der Waals surface area contributed by atoms with Gasteiger partial charge in [0.05, 0.1) is 6.10 Å². The maximum Gasteiger partial charge on any atom is 0.254 e. The van der Waals surface area contributed by atoms with Crippen LogP contribution in [0.15, 0.2) is 22.7 Å². The third-order valence-electron chi connectivity index (χ3n) is 3.25. The number of nitrogens with zero attached hydrogens (tertiary/aromatic N) is 1. The fourth-order valence-electron chi connectivity index (χ4n) is 2.33. The van der Waals surface area contributed by atoms with Crippen molar-refractivity contribution in [3.05, 3.63) is 28.2 Å². The van der Waals surface area contributed by atoms with E-state index in [0.717, 1.165) is 29.9 Å². The van der Waals surface area contributed by atoms with E-state index in [9.17, 15) is 4.79 Å². The fraction of sp³-hybridized carbons (Fsp3) is 0.533. The number of rotatable bonds is 3. The van der Waals surface area contributed by atoms with Crippen molar-refractivity contribution in [3.8, 4) is 5.75 Å². The lowest BCUT2D eigenvalue weighted by Crippen LogP contribution is -2.52. The lowest BCUT2D eigenvalue weighted by molar-refractivity contribution is 0.0655. The highest BCUT2D eigenvalue weighted by Gasteiger charge is 2.24. The van der Waals surface area contributed by atoms with E-state index in [2.05, 4.69) is 28.2 Å². The van der Waals surface area contributed by atoms with E-state index in [0.29, 0.717) is 5.56 Å². The first-order chi connectivity index (χ1) is 9.47. The third kappa shape index (κ3) is 3.73. The Labute approximate surface area is 128 Å². The van der Waals surface area contributed by atoms with E-state index in [1.165, 1.54) is 0 Å². The molecule has 1 fully saturated rings. The third-order valence-corrected chi connectivity index (χ3v) is 3.71. The van der Waals surface area contributed by atoms with Gasteiger partial charge in [0.2, 0.25) is 0 Å². The minimum Gasteiger partial charge on any atom is -0.491 e. The molecule has 0 spiro atoms. The second-order valence-electron chi connectivity index (χ2n) is 5.39. The summed E-state index contributed by atoms with van der Waals surface area (Å²) in [6, 6.07) is 5.77. The number of halogens is 1. The monoisotopic (exact) mass is 340 g/mol. The second-order valence-corrected chi connectivity index (χ2v) is 6.31. The molecular weight excluding hydrogens is 320 g/mol. The van der Waals surface area contributed by atoms with Crippen LogP contribution in [0.1, 0.15) is 31.1 Å². The van der Waals surface area contributed by atoms with Crippen LogP contribution in [0.5, 0.6) is 5.75 Å². The Morgan fingerprint density at radius 2 is 2.20 bits per heavy atom. The SMILES string of the molecule is CC(C)Oc1cc(Br)cc(C(=O)N2CCNCC2C)c1. The van der Waals surface area contributed by atoms with E-state index in [1.54, 1.807) is 0 Å². The molecule has 0 bridgehead atoms. The number of carbonyl (C=O) groups excluding carboxylic acids is 1. The van der Waals surface area contributed by atoms with Gasteiger partial charge in [-0.15, -0.1) is 0 Å². The van der Waals surface area contributed by atoms with Crippen molar-refractivity contribution in [1.82, 2.24) is 10.2 Å².